The van der Waals surface area contributed by atoms with Gasteiger partial charge in [0.1, 0.15) is 5.75 Å². The van der Waals surface area contributed by atoms with Crippen molar-refractivity contribution >= 4 is 5.97 Å². The molecule has 4 rings (SSSR count). The van der Waals surface area contributed by atoms with E-state index in [0.29, 0.717) is 11.5 Å². The Morgan fingerprint density at radius 2 is 1.80 bits per heavy atom. The van der Waals surface area contributed by atoms with Crippen LogP contribution in [-0.2, 0) is 4.74 Å². The van der Waals surface area contributed by atoms with E-state index in [1.54, 1.807) is 26.2 Å². The molecule has 4 aromatic rings. The molecule has 2 aromatic heterocycles. The summed E-state index contributed by atoms with van der Waals surface area (Å²) in [4.78, 5) is 12.7. The molecular weight excluding hydrogens is 382 g/mol. The first-order valence-corrected chi connectivity index (χ1v) is 9.48. The van der Waals surface area contributed by atoms with Gasteiger partial charge in [0, 0.05) is 23.6 Å². The van der Waals surface area contributed by atoms with Gasteiger partial charge in [0.05, 0.1) is 12.7 Å². The molecule has 0 amide bonds. The van der Waals surface area contributed by atoms with Crippen molar-refractivity contribution in [2.75, 3.05) is 7.11 Å². The molecule has 0 aliphatic rings. The number of aromatic nitrogens is 3. The summed E-state index contributed by atoms with van der Waals surface area (Å²) >= 11 is 0. The number of benzene rings is 2. The fraction of sp³-hybridized carbons (Fsp3) is 0.174. The third-order valence-electron chi connectivity index (χ3n) is 4.74. The van der Waals surface area contributed by atoms with E-state index in [1.807, 2.05) is 66.3 Å². The van der Waals surface area contributed by atoms with E-state index in [1.165, 1.54) is 0 Å². The molecule has 0 saturated carbocycles. The number of aryl methyl sites for hydroxylation is 1. The average Bonchev–Trinajstić information content (AvgIpc) is 3.46. The van der Waals surface area contributed by atoms with Gasteiger partial charge in [-0.25, -0.2) is 4.79 Å². The number of rotatable bonds is 6. The maximum absolute atomic E-state index is 12.7. The molecule has 0 radical (unpaired) electrons. The lowest BCUT2D eigenvalue weighted by Crippen LogP contribution is -2.10. The predicted molar refractivity (Wildman–Crippen MR) is 111 cm³/mol. The van der Waals surface area contributed by atoms with Gasteiger partial charge in [-0.05, 0) is 67.9 Å². The Morgan fingerprint density at radius 1 is 1.07 bits per heavy atom. The second-order valence-corrected chi connectivity index (χ2v) is 6.81. The second-order valence-electron chi connectivity index (χ2n) is 6.81. The Hall–Kier alpha value is -3.87. The highest BCUT2D eigenvalue weighted by Crippen LogP contribution is 2.25. The van der Waals surface area contributed by atoms with E-state index in [-0.39, 0.29) is 5.89 Å². The van der Waals surface area contributed by atoms with Crippen LogP contribution in [0.4, 0.5) is 0 Å². The minimum absolute atomic E-state index is 0.229. The fourth-order valence-electron chi connectivity index (χ4n) is 3.04. The van der Waals surface area contributed by atoms with Crippen molar-refractivity contribution in [2.45, 2.75) is 20.0 Å². The Kier molecular flexibility index (Phi) is 5.34. The molecular formula is C23H21N3O4. The average molecular weight is 403 g/mol. The van der Waals surface area contributed by atoms with Crippen LogP contribution in [0.15, 0.2) is 71.4 Å². The van der Waals surface area contributed by atoms with E-state index >= 15 is 0 Å². The summed E-state index contributed by atoms with van der Waals surface area (Å²) in [6.07, 6.45) is 3.17. The Balaban J connectivity index is 1.49. The third kappa shape index (κ3) is 3.96. The van der Waals surface area contributed by atoms with Gasteiger partial charge in [0.2, 0.25) is 5.89 Å². The zero-order chi connectivity index (χ0) is 21.1. The molecule has 0 fully saturated rings. The fourth-order valence-corrected chi connectivity index (χ4v) is 3.04. The minimum atomic E-state index is -0.687. The van der Waals surface area contributed by atoms with Crippen molar-refractivity contribution in [3.63, 3.8) is 0 Å². The molecule has 30 heavy (non-hydrogen) atoms. The van der Waals surface area contributed by atoms with Gasteiger partial charge in [-0.3, -0.25) is 0 Å². The lowest BCUT2D eigenvalue weighted by molar-refractivity contribution is 0.0280. The first-order valence-electron chi connectivity index (χ1n) is 9.48. The first-order chi connectivity index (χ1) is 14.5. The number of carbonyl (C=O) groups excluding carboxylic acids is 1. The van der Waals surface area contributed by atoms with E-state index in [0.717, 1.165) is 22.6 Å². The smallest absolute Gasteiger partial charge is 0.338 e. The van der Waals surface area contributed by atoms with Gasteiger partial charge in [0.15, 0.2) is 6.10 Å². The van der Waals surface area contributed by atoms with Gasteiger partial charge in [0.25, 0.3) is 5.89 Å². The molecule has 1 unspecified atom stereocenters. The summed E-state index contributed by atoms with van der Waals surface area (Å²) in [5.41, 5.74) is 3.17. The van der Waals surface area contributed by atoms with E-state index in [2.05, 4.69) is 10.2 Å². The number of hydrogen-bond donors (Lipinski definition) is 0. The standard InChI is InChI=1S/C23H21N3O4/c1-15-6-7-18(14-20(15)26-12-4-5-13-26)23(27)29-16(2)21-24-25-22(30-21)17-8-10-19(28-3)11-9-17/h4-14,16H,1-3H3. The normalized spacial score (nSPS) is 11.8. The Bertz CT molecular complexity index is 1150. The summed E-state index contributed by atoms with van der Waals surface area (Å²) in [6, 6.07) is 16.6. The maximum Gasteiger partial charge on any atom is 0.338 e. The molecule has 2 heterocycles. The van der Waals surface area contributed by atoms with Crippen LogP contribution in [-0.4, -0.2) is 27.8 Å². The minimum Gasteiger partial charge on any atom is -0.497 e. The van der Waals surface area contributed by atoms with Crippen LogP contribution in [0.3, 0.4) is 0 Å². The van der Waals surface area contributed by atoms with Crippen molar-refractivity contribution in [1.82, 2.24) is 14.8 Å². The van der Waals surface area contributed by atoms with Crippen LogP contribution in [0.25, 0.3) is 17.1 Å². The topological polar surface area (TPSA) is 79.4 Å². The quantitative estimate of drug-likeness (QED) is 0.432. The molecule has 0 saturated heterocycles. The molecule has 152 valence electrons. The van der Waals surface area contributed by atoms with E-state index in [9.17, 15) is 4.79 Å². The Labute approximate surface area is 173 Å². The third-order valence-corrected chi connectivity index (χ3v) is 4.74. The van der Waals surface area contributed by atoms with E-state index < -0.39 is 12.1 Å². The summed E-state index contributed by atoms with van der Waals surface area (Å²) in [7, 11) is 1.60. The van der Waals surface area contributed by atoms with Crippen LogP contribution in [0.5, 0.6) is 5.75 Å². The molecule has 0 spiro atoms. The van der Waals surface area contributed by atoms with Crippen LogP contribution in [0.1, 0.15) is 34.8 Å². The van der Waals surface area contributed by atoms with Crippen molar-refractivity contribution in [3.8, 4) is 22.9 Å². The predicted octanol–water partition coefficient (Wildman–Crippen LogP) is 4.76. The Morgan fingerprint density at radius 3 is 2.50 bits per heavy atom. The van der Waals surface area contributed by atoms with E-state index in [4.69, 9.17) is 13.9 Å². The zero-order valence-corrected chi connectivity index (χ0v) is 16.9. The number of hydrogen-bond acceptors (Lipinski definition) is 6. The van der Waals surface area contributed by atoms with Crippen molar-refractivity contribution in [2.24, 2.45) is 0 Å². The number of methoxy groups -OCH3 is 1. The molecule has 7 heteroatoms. The second kappa shape index (κ2) is 8.24. The van der Waals surface area contributed by atoms with Crippen LogP contribution in [0.2, 0.25) is 0 Å². The van der Waals surface area contributed by atoms with Crippen LogP contribution >= 0.6 is 0 Å². The van der Waals surface area contributed by atoms with Crippen LogP contribution in [0, 0.1) is 6.92 Å². The lowest BCUT2D eigenvalue weighted by atomic mass is 10.1. The van der Waals surface area contributed by atoms with Gasteiger partial charge < -0.3 is 18.5 Å². The SMILES string of the molecule is COc1ccc(-c2nnc(C(C)OC(=O)c3ccc(C)c(-n4cccc4)c3)o2)cc1. The largest absolute Gasteiger partial charge is 0.497 e. The number of ether oxygens (including phenoxy) is 2. The molecule has 7 nitrogen and oxygen atoms in total. The summed E-state index contributed by atoms with van der Waals surface area (Å²) < 4.78 is 18.4. The molecule has 0 bridgehead atoms. The highest BCUT2D eigenvalue weighted by molar-refractivity contribution is 5.90. The maximum atomic E-state index is 12.7. The summed E-state index contributed by atoms with van der Waals surface area (Å²) in [5, 5.41) is 8.08. The summed E-state index contributed by atoms with van der Waals surface area (Å²) in [6.45, 7) is 3.69. The summed E-state index contributed by atoms with van der Waals surface area (Å²) in [5.74, 6) is 0.853. The molecule has 0 aliphatic carbocycles. The van der Waals surface area contributed by atoms with Gasteiger partial charge in [-0.1, -0.05) is 6.07 Å². The number of nitrogens with zero attached hydrogens (tertiary/aromatic N) is 3. The molecule has 0 N–H and O–H groups in total. The van der Waals surface area contributed by atoms with Gasteiger partial charge >= 0.3 is 5.97 Å². The van der Waals surface area contributed by atoms with Gasteiger partial charge in [-0.15, -0.1) is 10.2 Å². The number of carbonyl (C=O) groups is 1. The first kappa shape index (κ1) is 19.4. The number of esters is 1. The molecule has 0 aliphatic heterocycles. The van der Waals surface area contributed by atoms with Gasteiger partial charge in [-0.2, -0.15) is 0 Å². The van der Waals surface area contributed by atoms with Crippen molar-refractivity contribution in [3.05, 3.63) is 84.0 Å². The highest BCUT2D eigenvalue weighted by atomic mass is 16.6. The lowest BCUT2D eigenvalue weighted by Gasteiger charge is -2.12. The van der Waals surface area contributed by atoms with Crippen molar-refractivity contribution in [1.29, 1.82) is 0 Å². The molecule has 1 atom stereocenters. The van der Waals surface area contributed by atoms with Crippen LogP contribution < -0.4 is 4.74 Å². The monoisotopic (exact) mass is 403 g/mol. The zero-order valence-electron chi connectivity index (χ0n) is 16.9. The highest BCUT2D eigenvalue weighted by Gasteiger charge is 2.20. The van der Waals surface area contributed by atoms with Crippen molar-refractivity contribution < 1.29 is 18.7 Å². The molecule has 2 aromatic carbocycles.